The van der Waals surface area contributed by atoms with Gasteiger partial charge in [-0.05, 0) is 36.8 Å². The maximum absolute atomic E-state index is 12.2. The van der Waals surface area contributed by atoms with E-state index >= 15 is 0 Å². The van der Waals surface area contributed by atoms with Crippen LogP contribution in [0.4, 0.5) is 5.69 Å². The molecule has 2 aliphatic rings. The van der Waals surface area contributed by atoms with E-state index in [-0.39, 0.29) is 18.0 Å². The van der Waals surface area contributed by atoms with Gasteiger partial charge in [0.1, 0.15) is 6.10 Å². The molecule has 1 heterocycles. The van der Waals surface area contributed by atoms with Gasteiger partial charge in [0, 0.05) is 18.2 Å². The molecule has 3 atom stereocenters. The molecule has 1 aliphatic heterocycles. The third-order valence-corrected chi connectivity index (χ3v) is 4.67. The van der Waals surface area contributed by atoms with E-state index in [2.05, 4.69) is 24.4 Å². The van der Waals surface area contributed by atoms with E-state index in [9.17, 15) is 4.79 Å². The van der Waals surface area contributed by atoms with E-state index in [4.69, 9.17) is 4.74 Å². The average molecular weight is 273 g/mol. The van der Waals surface area contributed by atoms with Gasteiger partial charge in [0.05, 0.1) is 6.42 Å². The molecule has 0 spiro atoms. The minimum atomic E-state index is -0.0350. The number of hydrogen-bond acceptors (Lipinski definition) is 3. The molecule has 1 fully saturated rings. The second-order valence-electron chi connectivity index (χ2n) is 6.16. The summed E-state index contributed by atoms with van der Waals surface area (Å²) in [4.78, 5) is 12.2. The molecule has 3 nitrogen and oxygen atoms in total. The number of rotatable bonds is 3. The third kappa shape index (κ3) is 2.82. The molecule has 3 unspecified atom stereocenters. The van der Waals surface area contributed by atoms with Crippen LogP contribution in [0.3, 0.4) is 0 Å². The van der Waals surface area contributed by atoms with Gasteiger partial charge in [-0.1, -0.05) is 31.5 Å². The van der Waals surface area contributed by atoms with Gasteiger partial charge in [-0.2, -0.15) is 0 Å². The van der Waals surface area contributed by atoms with E-state index in [0.29, 0.717) is 12.3 Å². The van der Waals surface area contributed by atoms with E-state index in [1.165, 1.54) is 24.8 Å². The van der Waals surface area contributed by atoms with Crippen molar-refractivity contribution >= 4 is 11.7 Å². The molecule has 0 bridgehead atoms. The molecule has 1 saturated carbocycles. The summed E-state index contributed by atoms with van der Waals surface area (Å²) in [6.45, 7) is 3.04. The number of carbonyl (C=O) groups excluding carboxylic acids is 1. The molecule has 0 radical (unpaired) electrons. The highest BCUT2D eigenvalue weighted by atomic mass is 16.5. The maximum atomic E-state index is 12.2. The number of para-hydroxylation sites is 1. The number of carbonyl (C=O) groups is 1. The van der Waals surface area contributed by atoms with Gasteiger partial charge in [-0.15, -0.1) is 0 Å². The Bertz CT molecular complexity index is 486. The molecule has 0 amide bonds. The Morgan fingerprint density at radius 3 is 2.95 bits per heavy atom. The molecule has 1 aromatic rings. The van der Waals surface area contributed by atoms with Crippen molar-refractivity contribution in [3.8, 4) is 0 Å². The summed E-state index contributed by atoms with van der Waals surface area (Å²) in [5.41, 5.74) is 2.41. The summed E-state index contributed by atoms with van der Waals surface area (Å²) in [6.07, 6.45) is 5.32. The molecule has 1 N–H and O–H groups in total. The molecule has 0 saturated heterocycles. The molecule has 3 heteroatoms. The first kappa shape index (κ1) is 13.5. The number of nitrogens with one attached hydrogen (secondary N) is 1. The summed E-state index contributed by atoms with van der Waals surface area (Å²) in [7, 11) is 0. The Balaban J connectivity index is 1.57. The molecule has 1 aromatic carbocycles. The van der Waals surface area contributed by atoms with Crippen molar-refractivity contribution in [2.24, 2.45) is 5.92 Å². The van der Waals surface area contributed by atoms with Crippen LogP contribution in [-0.2, 0) is 9.53 Å². The number of benzene rings is 1. The van der Waals surface area contributed by atoms with Gasteiger partial charge in [-0.3, -0.25) is 4.79 Å². The van der Waals surface area contributed by atoms with Gasteiger partial charge >= 0.3 is 5.97 Å². The van der Waals surface area contributed by atoms with Crippen LogP contribution in [-0.4, -0.2) is 18.6 Å². The van der Waals surface area contributed by atoms with Crippen LogP contribution < -0.4 is 5.32 Å². The van der Waals surface area contributed by atoms with Crippen LogP contribution >= 0.6 is 0 Å². The first-order valence-corrected chi connectivity index (χ1v) is 7.76. The van der Waals surface area contributed by atoms with E-state index in [0.717, 1.165) is 18.7 Å². The van der Waals surface area contributed by atoms with Gasteiger partial charge < -0.3 is 10.1 Å². The van der Waals surface area contributed by atoms with Crippen molar-refractivity contribution < 1.29 is 9.53 Å². The van der Waals surface area contributed by atoms with Gasteiger partial charge in [0.2, 0.25) is 0 Å². The second kappa shape index (κ2) is 5.86. The Hall–Kier alpha value is -1.51. The van der Waals surface area contributed by atoms with Crippen LogP contribution in [0, 0.1) is 5.92 Å². The first-order chi connectivity index (χ1) is 9.74. The number of ether oxygens (including phenoxy) is 1. The monoisotopic (exact) mass is 273 g/mol. The fourth-order valence-corrected chi connectivity index (χ4v) is 3.41. The van der Waals surface area contributed by atoms with Gasteiger partial charge in [0.25, 0.3) is 0 Å². The largest absolute Gasteiger partial charge is 0.462 e. The minimum absolute atomic E-state index is 0.0350. The molecule has 1 aliphatic carbocycles. The molecule has 108 valence electrons. The lowest BCUT2D eigenvalue weighted by molar-refractivity contribution is -0.153. The predicted molar refractivity (Wildman–Crippen MR) is 79.8 cm³/mol. The first-order valence-electron chi connectivity index (χ1n) is 7.76. The molecular weight excluding hydrogens is 250 g/mol. The zero-order chi connectivity index (χ0) is 13.9. The second-order valence-corrected chi connectivity index (χ2v) is 6.16. The van der Waals surface area contributed by atoms with Crippen LogP contribution in [0.5, 0.6) is 0 Å². The maximum Gasteiger partial charge on any atom is 0.306 e. The molecule has 20 heavy (non-hydrogen) atoms. The molecule has 0 aromatic heterocycles. The Morgan fingerprint density at radius 1 is 1.30 bits per heavy atom. The lowest BCUT2D eigenvalue weighted by Crippen LogP contribution is -2.29. The van der Waals surface area contributed by atoms with Crippen LogP contribution in [0.1, 0.15) is 50.5 Å². The van der Waals surface area contributed by atoms with Crippen LogP contribution in [0.2, 0.25) is 0 Å². The minimum Gasteiger partial charge on any atom is -0.462 e. The molecule has 3 rings (SSSR count). The SMILES string of the molecule is CC1CCCCC1OC(=O)CC1CNc2ccccc21. The standard InChI is InChI=1S/C17H23NO2/c1-12-6-2-5-9-16(12)20-17(19)10-13-11-18-15-8-4-3-7-14(13)15/h3-4,7-8,12-13,16,18H,2,5-6,9-11H2,1H3. The fourth-order valence-electron chi connectivity index (χ4n) is 3.41. The normalized spacial score (nSPS) is 28.6. The summed E-state index contributed by atoms with van der Waals surface area (Å²) < 4.78 is 5.71. The third-order valence-electron chi connectivity index (χ3n) is 4.67. The van der Waals surface area contributed by atoms with Gasteiger partial charge in [0.15, 0.2) is 0 Å². The van der Waals surface area contributed by atoms with Crippen molar-refractivity contribution in [1.82, 2.24) is 0 Å². The van der Waals surface area contributed by atoms with E-state index in [1.807, 2.05) is 12.1 Å². The fraction of sp³-hybridized carbons (Fsp3) is 0.588. The van der Waals surface area contributed by atoms with Crippen molar-refractivity contribution in [3.05, 3.63) is 29.8 Å². The van der Waals surface area contributed by atoms with E-state index in [1.54, 1.807) is 0 Å². The number of hydrogen-bond donors (Lipinski definition) is 1. The van der Waals surface area contributed by atoms with Crippen molar-refractivity contribution in [2.45, 2.75) is 51.0 Å². The number of anilines is 1. The summed E-state index contributed by atoms with van der Waals surface area (Å²) in [5.74, 6) is 0.742. The highest BCUT2D eigenvalue weighted by molar-refractivity contribution is 5.72. The van der Waals surface area contributed by atoms with Crippen molar-refractivity contribution in [3.63, 3.8) is 0 Å². The molecular formula is C17H23NO2. The predicted octanol–water partition coefficient (Wildman–Crippen LogP) is 3.71. The highest BCUT2D eigenvalue weighted by Gasteiger charge is 2.28. The Labute approximate surface area is 120 Å². The van der Waals surface area contributed by atoms with Crippen LogP contribution in [0.25, 0.3) is 0 Å². The van der Waals surface area contributed by atoms with E-state index < -0.39 is 0 Å². The summed E-state index contributed by atoms with van der Waals surface area (Å²) >= 11 is 0. The smallest absolute Gasteiger partial charge is 0.306 e. The quantitative estimate of drug-likeness (QED) is 0.853. The van der Waals surface area contributed by atoms with Crippen LogP contribution in [0.15, 0.2) is 24.3 Å². The Kier molecular flexibility index (Phi) is 3.95. The van der Waals surface area contributed by atoms with Gasteiger partial charge in [-0.25, -0.2) is 0 Å². The number of fused-ring (bicyclic) bond motifs is 1. The number of esters is 1. The van der Waals surface area contributed by atoms with Crippen molar-refractivity contribution in [1.29, 1.82) is 0 Å². The summed E-state index contributed by atoms with van der Waals surface area (Å²) in [6, 6.07) is 8.24. The topological polar surface area (TPSA) is 38.3 Å². The Morgan fingerprint density at radius 2 is 2.10 bits per heavy atom. The zero-order valence-corrected chi connectivity index (χ0v) is 12.1. The highest BCUT2D eigenvalue weighted by Crippen LogP contribution is 2.34. The van der Waals surface area contributed by atoms with Crippen molar-refractivity contribution in [2.75, 3.05) is 11.9 Å². The lowest BCUT2D eigenvalue weighted by atomic mass is 9.88. The lowest BCUT2D eigenvalue weighted by Gasteiger charge is -2.28. The zero-order valence-electron chi connectivity index (χ0n) is 12.1. The summed E-state index contributed by atoms with van der Waals surface area (Å²) in [5, 5.41) is 3.36. The average Bonchev–Trinajstić information content (AvgIpc) is 2.85.